The number of anilines is 1. The summed E-state index contributed by atoms with van der Waals surface area (Å²) < 4.78 is 70.1. The summed E-state index contributed by atoms with van der Waals surface area (Å²) >= 11 is 0. The monoisotopic (exact) mass is 458 g/mol. The standard InChI is InChI=1S/C20H21F3N2O5S/c1-12-7-9-17(10-8-12)31(28,29)25-13(2)19(27)30-14(3)18(26)24-16-6-4-5-15(11-16)20(21,22)23/h4-11,13-14,25H,1-3H3,(H,24,26)/t13-,14?/m0/s1. The molecule has 0 fully saturated rings. The summed E-state index contributed by atoms with van der Waals surface area (Å²) in [5, 5.41) is 2.22. The predicted octanol–water partition coefficient (Wildman–Crippen LogP) is 3.25. The van der Waals surface area contributed by atoms with E-state index < -0.39 is 45.8 Å². The number of rotatable bonds is 7. The third kappa shape index (κ3) is 6.79. The molecule has 2 atom stereocenters. The van der Waals surface area contributed by atoms with Crippen LogP contribution in [0.4, 0.5) is 18.9 Å². The van der Waals surface area contributed by atoms with Crippen molar-refractivity contribution in [2.45, 2.75) is 44.0 Å². The molecule has 0 aromatic heterocycles. The van der Waals surface area contributed by atoms with E-state index in [0.29, 0.717) is 0 Å². The normalized spacial score (nSPS) is 13.9. The highest BCUT2D eigenvalue weighted by Crippen LogP contribution is 2.30. The van der Waals surface area contributed by atoms with Crippen LogP contribution < -0.4 is 10.0 Å². The van der Waals surface area contributed by atoms with Crippen molar-refractivity contribution in [3.63, 3.8) is 0 Å². The summed E-state index contributed by atoms with van der Waals surface area (Å²) in [7, 11) is -4.00. The Hall–Kier alpha value is -2.92. The van der Waals surface area contributed by atoms with Gasteiger partial charge in [-0.25, -0.2) is 8.42 Å². The minimum absolute atomic E-state index is 0.0481. The van der Waals surface area contributed by atoms with E-state index in [-0.39, 0.29) is 10.6 Å². The summed E-state index contributed by atoms with van der Waals surface area (Å²) in [4.78, 5) is 24.3. The van der Waals surface area contributed by atoms with Gasteiger partial charge in [0.2, 0.25) is 10.0 Å². The lowest BCUT2D eigenvalue weighted by atomic mass is 10.2. The summed E-state index contributed by atoms with van der Waals surface area (Å²) in [6, 6.07) is 8.59. The van der Waals surface area contributed by atoms with Gasteiger partial charge in [0.1, 0.15) is 6.04 Å². The molecule has 0 heterocycles. The number of benzene rings is 2. The average Bonchev–Trinajstić information content (AvgIpc) is 2.67. The first-order chi connectivity index (χ1) is 14.3. The molecular weight excluding hydrogens is 437 g/mol. The van der Waals surface area contributed by atoms with Crippen LogP contribution in [0.1, 0.15) is 25.0 Å². The Bertz CT molecular complexity index is 1050. The highest BCUT2D eigenvalue weighted by Gasteiger charge is 2.31. The van der Waals surface area contributed by atoms with Gasteiger partial charge >= 0.3 is 12.1 Å². The zero-order chi connectivity index (χ0) is 23.4. The maximum Gasteiger partial charge on any atom is 0.416 e. The Balaban J connectivity index is 1.98. The first-order valence-electron chi connectivity index (χ1n) is 9.07. The van der Waals surface area contributed by atoms with Crippen molar-refractivity contribution >= 4 is 27.6 Å². The van der Waals surface area contributed by atoms with Crippen molar-refractivity contribution in [3.8, 4) is 0 Å². The number of ether oxygens (including phenoxy) is 1. The van der Waals surface area contributed by atoms with Crippen molar-refractivity contribution < 1.29 is 35.9 Å². The van der Waals surface area contributed by atoms with Crippen LogP contribution in [0.2, 0.25) is 0 Å². The van der Waals surface area contributed by atoms with Gasteiger partial charge in [-0.3, -0.25) is 9.59 Å². The molecule has 0 aliphatic heterocycles. The molecule has 0 saturated carbocycles. The molecule has 7 nitrogen and oxygen atoms in total. The maximum absolute atomic E-state index is 12.8. The van der Waals surface area contributed by atoms with Crippen molar-refractivity contribution in [2.24, 2.45) is 0 Å². The second-order valence-corrected chi connectivity index (χ2v) is 8.52. The zero-order valence-electron chi connectivity index (χ0n) is 16.9. The van der Waals surface area contributed by atoms with E-state index in [2.05, 4.69) is 10.0 Å². The molecule has 0 saturated heterocycles. The van der Waals surface area contributed by atoms with Gasteiger partial charge in [-0.05, 0) is 51.1 Å². The van der Waals surface area contributed by atoms with Crippen LogP contribution in [-0.2, 0) is 30.5 Å². The van der Waals surface area contributed by atoms with E-state index in [0.717, 1.165) is 23.8 Å². The number of halogens is 3. The highest BCUT2D eigenvalue weighted by atomic mass is 32.2. The molecule has 2 aromatic rings. The van der Waals surface area contributed by atoms with Gasteiger partial charge in [0.15, 0.2) is 6.10 Å². The number of carbonyl (C=O) groups is 2. The average molecular weight is 458 g/mol. The topological polar surface area (TPSA) is 102 Å². The van der Waals surface area contributed by atoms with Crippen LogP contribution >= 0.6 is 0 Å². The lowest BCUT2D eigenvalue weighted by Crippen LogP contribution is -2.42. The highest BCUT2D eigenvalue weighted by molar-refractivity contribution is 7.89. The Labute approximate surface area is 177 Å². The molecule has 2 aromatic carbocycles. The molecular formula is C20H21F3N2O5S. The van der Waals surface area contributed by atoms with E-state index in [1.165, 1.54) is 32.0 Å². The number of hydrogen-bond acceptors (Lipinski definition) is 5. The fourth-order valence-corrected chi connectivity index (χ4v) is 3.61. The smallest absolute Gasteiger partial charge is 0.416 e. The number of aryl methyl sites for hydroxylation is 1. The molecule has 1 unspecified atom stereocenters. The third-order valence-electron chi connectivity index (χ3n) is 4.14. The Morgan fingerprint density at radius 2 is 1.65 bits per heavy atom. The number of alkyl halides is 3. The largest absolute Gasteiger partial charge is 0.451 e. The van der Waals surface area contributed by atoms with Gasteiger partial charge in [-0.2, -0.15) is 17.9 Å². The van der Waals surface area contributed by atoms with Gasteiger partial charge in [0.25, 0.3) is 5.91 Å². The van der Waals surface area contributed by atoms with Crippen molar-refractivity contribution in [2.75, 3.05) is 5.32 Å². The van der Waals surface area contributed by atoms with Gasteiger partial charge in [-0.1, -0.05) is 23.8 Å². The molecule has 0 spiro atoms. The van der Waals surface area contributed by atoms with E-state index in [4.69, 9.17) is 4.74 Å². The van der Waals surface area contributed by atoms with Crippen LogP contribution in [0.3, 0.4) is 0 Å². The SMILES string of the molecule is Cc1ccc(S(=O)(=O)N[C@@H](C)C(=O)OC(C)C(=O)Nc2cccc(C(F)(F)F)c2)cc1. The number of carbonyl (C=O) groups excluding carboxylic acids is 2. The van der Waals surface area contributed by atoms with Gasteiger partial charge in [0, 0.05) is 5.69 Å². The van der Waals surface area contributed by atoms with Crippen molar-refractivity contribution in [1.82, 2.24) is 4.72 Å². The molecule has 31 heavy (non-hydrogen) atoms. The van der Waals surface area contributed by atoms with Crippen LogP contribution in [0.5, 0.6) is 0 Å². The second kappa shape index (κ2) is 9.48. The lowest BCUT2D eigenvalue weighted by Gasteiger charge is -2.18. The van der Waals surface area contributed by atoms with Gasteiger partial charge in [0.05, 0.1) is 10.5 Å². The van der Waals surface area contributed by atoms with Crippen molar-refractivity contribution in [3.05, 3.63) is 59.7 Å². The quantitative estimate of drug-likeness (QED) is 0.621. The fourth-order valence-electron chi connectivity index (χ4n) is 2.41. The number of amides is 1. The Morgan fingerprint density at radius 1 is 1.03 bits per heavy atom. The number of nitrogens with one attached hydrogen (secondary N) is 2. The molecule has 11 heteroatoms. The van der Waals surface area contributed by atoms with Gasteiger partial charge in [-0.15, -0.1) is 0 Å². The summed E-state index contributed by atoms with van der Waals surface area (Å²) in [5.74, 6) is -1.90. The molecule has 2 rings (SSSR count). The number of sulfonamides is 1. The summed E-state index contributed by atoms with van der Waals surface area (Å²) in [6.07, 6.45) is -5.96. The zero-order valence-corrected chi connectivity index (χ0v) is 17.7. The minimum atomic E-state index is -4.58. The molecule has 168 valence electrons. The number of esters is 1. The van der Waals surface area contributed by atoms with Crippen LogP contribution in [-0.4, -0.2) is 32.4 Å². The molecule has 0 aliphatic carbocycles. The van der Waals surface area contributed by atoms with Crippen LogP contribution in [0.15, 0.2) is 53.4 Å². The fraction of sp³-hybridized carbons (Fsp3) is 0.300. The first-order valence-corrected chi connectivity index (χ1v) is 10.6. The van der Waals surface area contributed by atoms with Crippen LogP contribution in [0, 0.1) is 6.92 Å². The third-order valence-corrected chi connectivity index (χ3v) is 5.69. The van der Waals surface area contributed by atoms with Crippen molar-refractivity contribution in [1.29, 1.82) is 0 Å². The van der Waals surface area contributed by atoms with E-state index in [9.17, 15) is 31.2 Å². The molecule has 2 N–H and O–H groups in total. The summed E-state index contributed by atoms with van der Waals surface area (Å²) in [5.41, 5.74) is -0.225. The molecule has 0 bridgehead atoms. The van der Waals surface area contributed by atoms with E-state index >= 15 is 0 Å². The van der Waals surface area contributed by atoms with Gasteiger partial charge < -0.3 is 10.1 Å². The second-order valence-electron chi connectivity index (χ2n) is 6.80. The van der Waals surface area contributed by atoms with E-state index in [1.54, 1.807) is 19.1 Å². The first kappa shape index (κ1) is 24.4. The minimum Gasteiger partial charge on any atom is -0.451 e. The summed E-state index contributed by atoms with van der Waals surface area (Å²) in [6.45, 7) is 4.24. The Kier molecular flexibility index (Phi) is 7.45. The Morgan fingerprint density at radius 3 is 2.23 bits per heavy atom. The van der Waals surface area contributed by atoms with E-state index in [1.807, 2.05) is 0 Å². The molecule has 0 radical (unpaired) electrons. The lowest BCUT2D eigenvalue weighted by molar-refractivity contribution is -0.154. The molecule has 1 amide bonds. The number of hydrogen-bond donors (Lipinski definition) is 2. The van der Waals surface area contributed by atoms with Crippen LogP contribution in [0.25, 0.3) is 0 Å². The maximum atomic E-state index is 12.8. The molecule has 0 aliphatic rings. The predicted molar refractivity (Wildman–Crippen MR) is 107 cm³/mol.